The van der Waals surface area contributed by atoms with Crippen molar-refractivity contribution in [2.75, 3.05) is 6.61 Å². The van der Waals surface area contributed by atoms with E-state index in [1.54, 1.807) is 12.1 Å². The van der Waals surface area contributed by atoms with E-state index in [2.05, 4.69) is 64.2 Å². The summed E-state index contributed by atoms with van der Waals surface area (Å²) in [6.45, 7) is 16.3. The van der Waals surface area contributed by atoms with Gasteiger partial charge in [0, 0.05) is 35.6 Å². The maximum atomic E-state index is 13.8. The number of carbonyl (C=O) groups excluding carboxylic acids is 2. The zero-order chi connectivity index (χ0) is 31.2. The van der Waals surface area contributed by atoms with Crippen molar-refractivity contribution < 1.29 is 18.8 Å². The van der Waals surface area contributed by atoms with E-state index in [9.17, 15) is 9.59 Å². The third-order valence-corrected chi connectivity index (χ3v) is 13.1. The Morgan fingerprint density at radius 3 is 2.35 bits per heavy atom. The standard InChI is InChI=1S/C35H47N3O4Si/c1-8-10-16-27-22-36-38(9-2)33(27)32(39)24-37-23-28(30-19-14-15-20-31(30)37)21-29(42-43(6,7)35(3,4)5)25-41-34(40)26-17-12-11-13-18-26/h11-15,17-20,22-23,29H,8-10,16,21,24-25H2,1-7H3/t29-/m0/s1. The van der Waals surface area contributed by atoms with E-state index < -0.39 is 8.32 Å². The quantitative estimate of drug-likeness (QED) is 0.0835. The molecule has 0 N–H and O–H groups in total. The van der Waals surface area contributed by atoms with Gasteiger partial charge in [-0.2, -0.15) is 5.10 Å². The highest BCUT2D eigenvalue weighted by molar-refractivity contribution is 6.74. The second-order valence-corrected chi connectivity index (χ2v) is 17.6. The Morgan fingerprint density at radius 2 is 1.67 bits per heavy atom. The van der Waals surface area contributed by atoms with Crippen LogP contribution in [0.4, 0.5) is 0 Å². The first-order valence-corrected chi connectivity index (χ1v) is 18.4. The molecule has 0 saturated heterocycles. The molecule has 0 spiro atoms. The second kappa shape index (κ2) is 13.9. The highest BCUT2D eigenvalue weighted by Crippen LogP contribution is 2.38. The van der Waals surface area contributed by atoms with Crippen molar-refractivity contribution in [1.82, 2.24) is 14.3 Å². The fourth-order valence-electron chi connectivity index (χ4n) is 5.18. The van der Waals surface area contributed by atoms with Crippen molar-refractivity contribution >= 4 is 31.0 Å². The lowest BCUT2D eigenvalue weighted by molar-refractivity contribution is 0.0285. The summed E-state index contributed by atoms with van der Waals surface area (Å²) in [7, 11) is -2.19. The van der Waals surface area contributed by atoms with Crippen LogP contribution in [0.2, 0.25) is 18.1 Å². The molecule has 0 bridgehead atoms. The third-order valence-electron chi connectivity index (χ3n) is 8.59. The summed E-state index contributed by atoms with van der Waals surface area (Å²) in [5.41, 5.74) is 4.32. The molecule has 4 aromatic rings. The van der Waals surface area contributed by atoms with Gasteiger partial charge in [0.15, 0.2) is 8.32 Å². The molecule has 4 rings (SSSR count). The summed E-state index contributed by atoms with van der Waals surface area (Å²) < 4.78 is 16.5. The number of ketones is 1. The number of Topliss-reactive ketones (excluding diaryl/α,β-unsaturated/α-hetero) is 1. The van der Waals surface area contributed by atoms with Crippen LogP contribution in [0.1, 0.15) is 79.4 Å². The summed E-state index contributed by atoms with van der Waals surface area (Å²) in [6.07, 6.45) is 7.10. The summed E-state index contributed by atoms with van der Waals surface area (Å²) in [4.78, 5) is 26.6. The molecule has 7 nitrogen and oxygen atoms in total. The van der Waals surface area contributed by atoms with Gasteiger partial charge in [-0.05, 0) is 61.7 Å². The van der Waals surface area contributed by atoms with Crippen molar-refractivity contribution in [3.8, 4) is 0 Å². The van der Waals surface area contributed by atoms with Crippen molar-refractivity contribution in [3.63, 3.8) is 0 Å². The third kappa shape index (κ3) is 7.73. The summed E-state index contributed by atoms with van der Waals surface area (Å²) in [5.74, 6) is -0.299. The molecule has 8 heteroatoms. The molecule has 1 atom stereocenters. The van der Waals surface area contributed by atoms with Crippen molar-refractivity contribution in [3.05, 3.63) is 89.4 Å². The lowest BCUT2D eigenvalue weighted by Gasteiger charge is -2.39. The Hall–Kier alpha value is -3.49. The molecule has 2 aromatic carbocycles. The largest absolute Gasteiger partial charge is 0.459 e. The summed E-state index contributed by atoms with van der Waals surface area (Å²) in [5, 5.41) is 5.57. The van der Waals surface area contributed by atoms with E-state index in [1.165, 1.54) is 0 Å². The molecule has 0 aliphatic rings. The van der Waals surface area contributed by atoms with Crippen LogP contribution in [0.3, 0.4) is 0 Å². The number of rotatable bonds is 14. The van der Waals surface area contributed by atoms with E-state index in [1.807, 2.05) is 52.7 Å². The Bertz CT molecular complexity index is 1530. The first-order valence-electron chi connectivity index (χ1n) is 15.5. The molecular formula is C35H47N3O4Si. The number of fused-ring (bicyclic) bond motifs is 1. The second-order valence-electron chi connectivity index (χ2n) is 12.8. The van der Waals surface area contributed by atoms with Crippen LogP contribution in [0.25, 0.3) is 10.9 Å². The number of benzene rings is 2. The molecule has 2 heterocycles. The van der Waals surface area contributed by atoms with Gasteiger partial charge in [-0.15, -0.1) is 0 Å². The SMILES string of the molecule is CCCCc1cnn(CC)c1C(=O)Cn1cc(C[C@@H](COC(=O)c2ccccc2)O[Si](C)(C)C(C)(C)C)c2ccccc21. The molecule has 0 amide bonds. The highest BCUT2D eigenvalue weighted by Gasteiger charge is 2.39. The van der Waals surface area contributed by atoms with Gasteiger partial charge in [0.05, 0.1) is 24.4 Å². The maximum absolute atomic E-state index is 13.8. The van der Waals surface area contributed by atoms with Crippen LogP contribution in [0, 0.1) is 0 Å². The fraction of sp³-hybridized carbons (Fsp3) is 0.457. The van der Waals surface area contributed by atoms with Crippen molar-refractivity contribution in [2.24, 2.45) is 0 Å². The van der Waals surface area contributed by atoms with E-state index in [0.717, 1.165) is 41.3 Å². The lowest BCUT2D eigenvalue weighted by atomic mass is 10.1. The number of unbranched alkanes of at least 4 members (excludes halogenated alkanes) is 1. The molecule has 0 unspecified atom stereocenters. The number of ether oxygens (including phenoxy) is 1. The van der Waals surface area contributed by atoms with Crippen LogP contribution in [-0.4, -0.2) is 47.1 Å². The van der Waals surface area contributed by atoms with Crippen LogP contribution in [0.15, 0.2) is 67.0 Å². The lowest BCUT2D eigenvalue weighted by Crippen LogP contribution is -2.45. The van der Waals surface area contributed by atoms with Crippen LogP contribution >= 0.6 is 0 Å². The number of carbonyl (C=O) groups is 2. The Balaban J connectivity index is 1.63. The molecule has 2 aromatic heterocycles. The van der Waals surface area contributed by atoms with Gasteiger partial charge >= 0.3 is 5.97 Å². The van der Waals surface area contributed by atoms with Crippen molar-refractivity contribution in [2.45, 2.75) is 97.6 Å². The minimum Gasteiger partial charge on any atom is -0.459 e. The molecule has 230 valence electrons. The number of nitrogens with zero attached hydrogens (tertiary/aromatic N) is 3. The normalized spacial score (nSPS) is 12.9. The van der Waals surface area contributed by atoms with Gasteiger partial charge < -0.3 is 13.7 Å². The molecule has 0 saturated carbocycles. The Kier molecular flexibility index (Phi) is 10.5. The minimum atomic E-state index is -2.19. The van der Waals surface area contributed by atoms with Crippen molar-refractivity contribution in [1.29, 1.82) is 0 Å². The first kappa shape index (κ1) is 32.4. The summed E-state index contributed by atoms with van der Waals surface area (Å²) in [6, 6.07) is 17.2. The molecule has 43 heavy (non-hydrogen) atoms. The predicted molar refractivity (Wildman–Crippen MR) is 175 cm³/mol. The van der Waals surface area contributed by atoms with Gasteiger partial charge in [-0.1, -0.05) is 70.5 Å². The van der Waals surface area contributed by atoms with Gasteiger partial charge in [0.1, 0.15) is 12.3 Å². The van der Waals surface area contributed by atoms with Crippen LogP contribution in [-0.2, 0) is 35.1 Å². The zero-order valence-corrected chi connectivity index (χ0v) is 27.9. The monoisotopic (exact) mass is 601 g/mol. The van der Waals surface area contributed by atoms with E-state index in [-0.39, 0.29) is 36.0 Å². The number of aromatic nitrogens is 3. The van der Waals surface area contributed by atoms with Gasteiger partial charge in [0.2, 0.25) is 5.78 Å². The number of hydrogen-bond donors (Lipinski definition) is 0. The van der Waals surface area contributed by atoms with Crippen LogP contribution < -0.4 is 0 Å². The molecule has 0 fully saturated rings. The van der Waals surface area contributed by atoms with Gasteiger partial charge in [-0.3, -0.25) is 9.48 Å². The molecule has 0 aliphatic carbocycles. The number of para-hydroxylation sites is 1. The van der Waals surface area contributed by atoms with E-state index in [4.69, 9.17) is 9.16 Å². The zero-order valence-electron chi connectivity index (χ0n) is 26.9. The first-order chi connectivity index (χ1) is 20.4. The van der Waals surface area contributed by atoms with Crippen LogP contribution in [0.5, 0.6) is 0 Å². The highest BCUT2D eigenvalue weighted by atomic mass is 28.4. The maximum Gasteiger partial charge on any atom is 0.338 e. The topological polar surface area (TPSA) is 75.4 Å². The summed E-state index contributed by atoms with van der Waals surface area (Å²) >= 11 is 0. The van der Waals surface area contributed by atoms with Gasteiger partial charge in [0.25, 0.3) is 0 Å². The Morgan fingerprint density at radius 1 is 0.977 bits per heavy atom. The molecule has 0 aliphatic heterocycles. The molecule has 0 radical (unpaired) electrons. The number of esters is 1. The number of hydrogen-bond acceptors (Lipinski definition) is 5. The van der Waals surface area contributed by atoms with E-state index in [0.29, 0.717) is 24.2 Å². The number of aryl methyl sites for hydroxylation is 2. The fourth-order valence-corrected chi connectivity index (χ4v) is 6.52. The Labute approximate surface area is 257 Å². The predicted octanol–water partition coefficient (Wildman–Crippen LogP) is 7.87. The molecular weight excluding hydrogens is 554 g/mol. The smallest absolute Gasteiger partial charge is 0.338 e. The van der Waals surface area contributed by atoms with E-state index >= 15 is 0 Å². The van der Waals surface area contributed by atoms with Gasteiger partial charge in [-0.25, -0.2) is 4.79 Å². The minimum absolute atomic E-state index is 0.00712. The average Bonchev–Trinajstić information content (AvgIpc) is 3.55. The average molecular weight is 602 g/mol.